The van der Waals surface area contributed by atoms with Gasteiger partial charge in [0, 0.05) is 31.6 Å². The number of piperidine rings is 1. The maximum atomic E-state index is 14.4. The summed E-state index contributed by atoms with van der Waals surface area (Å²) in [6.45, 7) is 2.33. The monoisotopic (exact) mass is 807 g/mol. The first-order valence-electron chi connectivity index (χ1n) is 15.7. The van der Waals surface area contributed by atoms with E-state index < -0.39 is 45.2 Å². The van der Waals surface area contributed by atoms with Gasteiger partial charge < -0.3 is 9.84 Å². The van der Waals surface area contributed by atoms with Crippen LogP contribution in [-0.4, -0.2) is 84.9 Å². The van der Waals surface area contributed by atoms with E-state index >= 15 is 0 Å². The van der Waals surface area contributed by atoms with Crippen LogP contribution in [0.25, 0.3) is 0 Å². The number of methoxy groups -OCH3 is 1. The molecule has 47 heavy (non-hydrogen) atoms. The number of likely N-dealkylation sites (tertiary alicyclic amines) is 3. The van der Waals surface area contributed by atoms with E-state index in [-0.39, 0.29) is 41.2 Å². The largest absolute Gasteiger partial charge is 0.503 e. The van der Waals surface area contributed by atoms with Gasteiger partial charge in [-0.15, -0.1) is 23.2 Å². The Morgan fingerprint density at radius 3 is 2.36 bits per heavy atom. The predicted molar refractivity (Wildman–Crippen MR) is 182 cm³/mol. The van der Waals surface area contributed by atoms with Crippen molar-refractivity contribution >= 4 is 78.7 Å². The number of phenolic OH excluding ortho intramolecular Hbond substituents is 1. The second-order valence-electron chi connectivity index (χ2n) is 13.1. The number of rotatable bonds is 6. The van der Waals surface area contributed by atoms with E-state index in [2.05, 4.69) is 48.9 Å². The minimum atomic E-state index is -1.94. The third-order valence-electron chi connectivity index (χ3n) is 10.8. The van der Waals surface area contributed by atoms with Crippen LogP contribution >= 0.6 is 55.1 Å². The Labute approximate surface area is 299 Å². The average Bonchev–Trinajstić information content (AvgIpc) is 3.40. The third kappa shape index (κ3) is 4.85. The summed E-state index contributed by atoms with van der Waals surface area (Å²) >= 11 is 21.3. The molecule has 13 heteroatoms. The van der Waals surface area contributed by atoms with Crippen molar-refractivity contribution in [2.45, 2.75) is 53.9 Å². The molecule has 0 bridgehead atoms. The van der Waals surface area contributed by atoms with Gasteiger partial charge in [0.1, 0.15) is 0 Å². The molecule has 6 atom stereocenters. The molecule has 3 heterocycles. The number of hydrogen-bond acceptors (Lipinski definition) is 7. The van der Waals surface area contributed by atoms with Crippen molar-refractivity contribution in [3.05, 3.63) is 69.7 Å². The molecule has 9 nitrogen and oxygen atoms in total. The van der Waals surface area contributed by atoms with E-state index in [0.717, 1.165) is 24.5 Å². The van der Waals surface area contributed by atoms with Crippen molar-refractivity contribution in [3.8, 4) is 11.5 Å². The molecular formula is C34H33Br2Cl2N3O6. The van der Waals surface area contributed by atoms with Crippen molar-refractivity contribution in [3.63, 3.8) is 0 Å². The number of carbonyl (C=O) groups excluding carboxylic acids is 4. The third-order valence-corrected chi connectivity index (χ3v) is 13.3. The van der Waals surface area contributed by atoms with Crippen LogP contribution in [0.2, 0.25) is 0 Å². The second kappa shape index (κ2) is 12.2. The van der Waals surface area contributed by atoms with E-state index in [1.165, 1.54) is 17.6 Å². The van der Waals surface area contributed by atoms with Gasteiger partial charge in [0.05, 0.1) is 28.9 Å². The average molecular weight is 810 g/mol. The number of phenols is 1. The number of imide groups is 2. The summed E-state index contributed by atoms with van der Waals surface area (Å²) in [5.41, 5.74) is 2.29. The molecule has 2 aromatic carbocycles. The van der Waals surface area contributed by atoms with Crippen LogP contribution in [0.5, 0.6) is 11.5 Å². The summed E-state index contributed by atoms with van der Waals surface area (Å²) in [4.78, 5) is 57.4. The number of allylic oxidation sites excluding steroid dienone is 2. The zero-order chi connectivity index (χ0) is 33.4. The first-order chi connectivity index (χ1) is 22.5. The fourth-order valence-corrected chi connectivity index (χ4v) is 10.5. The van der Waals surface area contributed by atoms with Crippen molar-refractivity contribution in [1.82, 2.24) is 14.7 Å². The van der Waals surface area contributed by atoms with Crippen LogP contribution < -0.4 is 4.74 Å². The van der Waals surface area contributed by atoms with E-state index in [1.54, 1.807) is 12.1 Å². The van der Waals surface area contributed by atoms with Gasteiger partial charge in [-0.05, 0) is 70.8 Å². The molecule has 3 aliphatic heterocycles. The molecule has 4 fully saturated rings. The Kier molecular flexibility index (Phi) is 8.56. The van der Waals surface area contributed by atoms with E-state index in [9.17, 15) is 24.3 Å². The Bertz CT molecular complexity index is 1700. The maximum absolute atomic E-state index is 14.4. The highest BCUT2D eigenvalue weighted by Gasteiger charge is 2.76. The topological polar surface area (TPSA) is 107 Å². The second-order valence-corrected chi connectivity index (χ2v) is 15.7. The molecule has 248 valence electrons. The lowest BCUT2D eigenvalue weighted by atomic mass is 9.56. The highest BCUT2D eigenvalue weighted by Crippen LogP contribution is 2.66. The molecular weight excluding hydrogens is 777 g/mol. The molecule has 2 aromatic rings. The Morgan fingerprint density at radius 2 is 1.70 bits per heavy atom. The minimum absolute atomic E-state index is 0.0750. The first-order valence-corrected chi connectivity index (χ1v) is 18.3. The maximum Gasteiger partial charge on any atom is 0.254 e. The molecule has 1 N–H and O–H groups in total. The van der Waals surface area contributed by atoms with Gasteiger partial charge >= 0.3 is 0 Å². The lowest BCUT2D eigenvalue weighted by Crippen LogP contribution is -2.60. The number of hydrogen-bond donors (Lipinski definition) is 1. The molecule has 5 aliphatic rings. The molecule has 6 unspecified atom stereocenters. The number of ether oxygens (including phenoxy) is 1. The molecule has 0 radical (unpaired) electrons. The van der Waals surface area contributed by atoms with E-state index in [0.29, 0.717) is 34.9 Å². The van der Waals surface area contributed by atoms with Crippen LogP contribution in [0.1, 0.15) is 42.7 Å². The number of halogens is 4. The molecule has 0 spiro atoms. The number of fused-ring (bicyclic) bond motifs is 4. The summed E-state index contributed by atoms with van der Waals surface area (Å²) in [6, 6.07) is 13.2. The number of nitrogens with zero attached hydrogens (tertiary/aromatic N) is 3. The van der Waals surface area contributed by atoms with Gasteiger partial charge in [-0.1, -0.05) is 57.9 Å². The Hall–Kier alpha value is -2.44. The standard InChI is InChI=1S/C34H33Br2Cl2N3O6/c1-47-25-14-19(13-24(36)28(25)42)27-21-7-8-22-26(23(21)15-33(37)31(45)40(17-35)32(46)34(27,33)38)30(44)41(29(22)43)20-9-11-39(12-10-20)16-18-5-3-2-4-6-18/h2-7,13-14,20,22-23,26-27,42H,8-12,15-17H2,1H3. The number of alkyl halides is 3. The lowest BCUT2D eigenvalue weighted by molar-refractivity contribution is -0.144. The van der Waals surface area contributed by atoms with Gasteiger partial charge in [0.25, 0.3) is 11.8 Å². The molecule has 3 saturated heterocycles. The number of aromatic hydroxyl groups is 1. The fraction of sp³-hybridized carbons (Fsp3) is 0.471. The number of benzene rings is 2. The van der Waals surface area contributed by atoms with Crippen LogP contribution in [0, 0.1) is 17.8 Å². The number of amides is 4. The Balaban J connectivity index is 1.24. The van der Waals surface area contributed by atoms with Crippen molar-refractivity contribution < 1.29 is 29.0 Å². The van der Waals surface area contributed by atoms with Crippen molar-refractivity contribution in [1.29, 1.82) is 0 Å². The van der Waals surface area contributed by atoms with Crippen LogP contribution in [0.15, 0.2) is 58.6 Å². The molecule has 7 rings (SSSR count). The summed E-state index contributed by atoms with van der Waals surface area (Å²) in [5.74, 6) is -4.65. The van der Waals surface area contributed by atoms with Crippen LogP contribution in [-0.2, 0) is 25.7 Å². The highest BCUT2D eigenvalue weighted by atomic mass is 79.9. The van der Waals surface area contributed by atoms with Gasteiger partial charge in [-0.25, -0.2) is 0 Å². The molecule has 1 saturated carbocycles. The molecule has 0 aromatic heterocycles. The van der Waals surface area contributed by atoms with Gasteiger partial charge in [0.15, 0.2) is 21.2 Å². The van der Waals surface area contributed by atoms with Crippen molar-refractivity contribution in [2.24, 2.45) is 17.8 Å². The fourth-order valence-electron chi connectivity index (χ4n) is 8.60. The molecule has 4 amide bonds. The van der Waals surface area contributed by atoms with E-state index in [4.69, 9.17) is 27.9 Å². The Morgan fingerprint density at radius 1 is 1.00 bits per heavy atom. The molecule has 2 aliphatic carbocycles. The normalized spacial score (nSPS) is 32.7. The quantitative estimate of drug-likeness (QED) is 0.177. The lowest BCUT2D eigenvalue weighted by Gasteiger charge is -2.50. The van der Waals surface area contributed by atoms with Gasteiger partial charge in [-0.3, -0.25) is 33.9 Å². The zero-order valence-electron chi connectivity index (χ0n) is 25.5. The van der Waals surface area contributed by atoms with E-state index in [1.807, 2.05) is 24.3 Å². The summed E-state index contributed by atoms with van der Waals surface area (Å²) < 4.78 is 5.72. The summed E-state index contributed by atoms with van der Waals surface area (Å²) in [6.07, 6.45) is 3.49. The summed E-state index contributed by atoms with van der Waals surface area (Å²) in [7, 11) is 1.40. The smallest absolute Gasteiger partial charge is 0.254 e. The predicted octanol–water partition coefficient (Wildman–Crippen LogP) is 5.54. The van der Waals surface area contributed by atoms with Crippen molar-refractivity contribution in [2.75, 3.05) is 25.7 Å². The first kappa shape index (κ1) is 33.1. The number of carbonyl (C=O) groups is 4. The van der Waals surface area contributed by atoms with Gasteiger partial charge in [-0.2, -0.15) is 0 Å². The minimum Gasteiger partial charge on any atom is -0.503 e. The van der Waals surface area contributed by atoms with Crippen LogP contribution in [0.4, 0.5) is 0 Å². The highest BCUT2D eigenvalue weighted by molar-refractivity contribution is 9.10. The SMILES string of the molecule is COc1cc(C2C3=CCC4C(=O)N(C5CCN(Cc6ccccc6)CC5)C(=O)C4C3CC3(Cl)C(=O)N(CBr)C(=O)C23Cl)cc(Br)c1O. The summed E-state index contributed by atoms with van der Waals surface area (Å²) in [5, 5.41) is 10.6. The van der Waals surface area contributed by atoms with Gasteiger partial charge in [0.2, 0.25) is 11.8 Å². The zero-order valence-corrected chi connectivity index (χ0v) is 30.2. The van der Waals surface area contributed by atoms with Crippen LogP contribution in [0.3, 0.4) is 0 Å².